The topological polar surface area (TPSA) is 37.8 Å². The second-order valence-electron chi connectivity index (χ2n) is 4.62. The van der Waals surface area contributed by atoms with Crippen molar-refractivity contribution in [2.75, 3.05) is 5.32 Å². The van der Waals surface area contributed by atoms with Crippen LogP contribution in [0.4, 0.5) is 5.13 Å². The summed E-state index contributed by atoms with van der Waals surface area (Å²) >= 11 is 1.70. The Labute approximate surface area is 102 Å². The molecule has 4 heteroatoms. The van der Waals surface area contributed by atoms with Crippen LogP contribution < -0.4 is 5.32 Å². The third-order valence-corrected chi connectivity index (χ3v) is 4.52. The van der Waals surface area contributed by atoms with Gasteiger partial charge in [0.25, 0.3) is 0 Å². The molecule has 1 aliphatic carbocycles. The molecule has 1 aromatic heterocycles. The van der Waals surface area contributed by atoms with Gasteiger partial charge in [0.2, 0.25) is 5.13 Å². The lowest BCUT2D eigenvalue weighted by Crippen LogP contribution is -2.25. The summed E-state index contributed by atoms with van der Waals surface area (Å²) in [5.74, 6) is 0.957. The molecule has 1 aliphatic rings. The molecule has 0 radical (unpaired) electrons. The van der Waals surface area contributed by atoms with Crippen LogP contribution in [0.25, 0.3) is 0 Å². The van der Waals surface area contributed by atoms with Crippen LogP contribution in [0.3, 0.4) is 0 Å². The SMILES string of the molecule is CCc1nnc(NC2CCC(CC)CC2)s1. The Morgan fingerprint density at radius 1 is 1.19 bits per heavy atom. The summed E-state index contributed by atoms with van der Waals surface area (Å²) in [5.41, 5.74) is 0. The average Bonchev–Trinajstić information content (AvgIpc) is 2.78. The highest BCUT2D eigenvalue weighted by Gasteiger charge is 2.20. The van der Waals surface area contributed by atoms with E-state index in [0.29, 0.717) is 6.04 Å². The van der Waals surface area contributed by atoms with Gasteiger partial charge in [0.1, 0.15) is 5.01 Å². The first-order valence-electron chi connectivity index (χ1n) is 6.40. The molecule has 1 heterocycles. The van der Waals surface area contributed by atoms with Gasteiger partial charge in [-0.05, 0) is 38.0 Å². The summed E-state index contributed by atoms with van der Waals surface area (Å²) in [5, 5.41) is 14.0. The van der Waals surface area contributed by atoms with E-state index in [1.807, 2.05) is 0 Å². The molecular formula is C12H21N3S. The van der Waals surface area contributed by atoms with E-state index < -0.39 is 0 Å². The van der Waals surface area contributed by atoms with Crippen molar-refractivity contribution in [1.29, 1.82) is 0 Å². The zero-order valence-electron chi connectivity index (χ0n) is 10.2. The van der Waals surface area contributed by atoms with Crippen LogP contribution in [-0.4, -0.2) is 16.2 Å². The van der Waals surface area contributed by atoms with Crippen molar-refractivity contribution in [3.63, 3.8) is 0 Å². The highest BCUT2D eigenvalue weighted by atomic mass is 32.1. The van der Waals surface area contributed by atoms with Gasteiger partial charge in [0.05, 0.1) is 0 Å². The van der Waals surface area contributed by atoms with E-state index in [4.69, 9.17) is 0 Å². The Bertz CT molecular complexity index is 316. The number of hydrogen-bond donors (Lipinski definition) is 1. The van der Waals surface area contributed by atoms with Gasteiger partial charge in [-0.3, -0.25) is 0 Å². The molecule has 0 saturated heterocycles. The summed E-state index contributed by atoms with van der Waals surface area (Å²) in [7, 11) is 0. The minimum Gasteiger partial charge on any atom is -0.357 e. The van der Waals surface area contributed by atoms with Crippen LogP contribution in [0.2, 0.25) is 0 Å². The van der Waals surface area contributed by atoms with E-state index in [2.05, 4.69) is 29.4 Å². The predicted molar refractivity (Wildman–Crippen MR) is 68.9 cm³/mol. The smallest absolute Gasteiger partial charge is 0.205 e. The molecule has 1 fully saturated rings. The highest BCUT2D eigenvalue weighted by Crippen LogP contribution is 2.29. The lowest BCUT2D eigenvalue weighted by Gasteiger charge is -2.28. The Hall–Kier alpha value is -0.640. The van der Waals surface area contributed by atoms with Gasteiger partial charge in [-0.25, -0.2) is 0 Å². The van der Waals surface area contributed by atoms with Gasteiger partial charge in [0, 0.05) is 6.04 Å². The van der Waals surface area contributed by atoms with Gasteiger partial charge in [-0.2, -0.15) is 0 Å². The average molecular weight is 239 g/mol. The van der Waals surface area contributed by atoms with Gasteiger partial charge < -0.3 is 5.32 Å². The summed E-state index contributed by atoms with van der Waals surface area (Å²) in [4.78, 5) is 0. The second kappa shape index (κ2) is 5.62. The maximum atomic E-state index is 4.18. The number of nitrogens with one attached hydrogen (secondary N) is 1. The largest absolute Gasteiger partial charge is 0.357 e. The van der Waals surface area contributed by atoms with Gasteiger partial charge in [-0.1, -0.05) is 31.6 Å². The number of hydrogen-bond acceptors (Lipinski definition) is 4. The minimum atomic E-state index is 0.625. The van der Waals surface area contributed by atoms with Crippen molar-refractivity contribution in [3.8, 4) is 0 Å². The van der Waals surface area contributed by atoms with E-state index in [0.717, 1.165) is 22.5 Å². The van der Waals surface area contributed by atoms with Crippen LogP contribution in [0, 0.1) is 5.92 Å². The summed E-state index contributed by atoms with van der Waals surface area (Å²) < 4.78 is 0. The van der Waals surface area contributed by atoms with Crippen molar-refractivity contribution in [3.05, 3.63) is 5.01 Å². The molecule has 0 aromatic carbocycles. The molecular weight excluding hydrogens is 218 g/mol. The predicted octanol–water partition coefficient (Wildman–Crippen LogP) is 3.48. The fourth-order valence-electron chi connectivity index (χ4n) is 2.34. The zero-order valence-corrected chi connectivity index (χ0v) is 11.0. The van der Waals surface area contributed by atoms with E-state index >= 15 is 0 Å². The zero-order chi connectivity index (χ0) is 11.4. The molecule has 0 aliphatic heterocycles. The van der Waals surface area contributed by atoms with E-state index in [1.54, 1.807) is 11.3 Å². The monoisotopic (exact) mass is 239 g/mol. The van der Waals surface area contributed by atoms with Gasteiger partial charge in [-0.15, -0.1) is 10.2 Å². The van der Waals surface area contributed by atoms with Crippen LogP contribution in [0.5, 0.6) is 0 Å². The maximum absolute atomic E-state index is 4.18. The number of anilines is 1. The third-order valence-electron chi connectivity index (χ3n) is 3.52. The number of rotatable bonds is 4. The van der Waals surface area contributed by atoms with Gasteiger partial charge >= 0.3 is 0 Å². The van der Waals surface area contributed by atoms with Crippen LogP contribution in [0.1, 0.15) is 51.0 Å². The standard InChI is InChI=1S/C12H21N3S/c1-3-9-5-7-10(8-6-9)13-12-15-14-11(4-2)16-12/h9-10H,3-8H2,1-2H3,(H,13,15). The van der Waals surface area contributed by atoms with Crippen LogP contribution in [0.15, 0.2) is 0 Å². The summed E-state index contributed by atoms with van der Waals surface area (Å²) in [6.45, 7) is 4.42. The molecule has 3 nitrogen and oxygen atoms in total. The van der Waals surface area contributed by atoms with Crippen LogP contribution in [-0.2, 0) is 6.42 Å². The fraction of sp³-hybridized carbons (Fsp3) is 0.833. The molecule has 0 unspecified atom stereocenters. The molecule has 90 valence electrons. The molecule has 0 spiro atoms. The van der Waals surface area contributed by atoms with E-state index in [1.165, 1.54) is 32.1 Å². The quantitative estimate of drug-likeness (QED) is 0.874. The molecule has 1 saturated carbocycles. The van der Waals surface area contributed by atoms with Gasteiger partial charge in [0.15, 0.2) is 0 Å². The Kier molecular flexibility index (Phi) is 4.16. The molecule has 0 bridgehead atoms. The Balaban J connectivity index is 1.82. The van der Waals surface area contributed by atoms with Crippen molar-refractivity contribution < 1.29 is 0 Å². The van der Waals surface area contributed by atoms with Crippen molar-refractivity contribution in [1.82, 2.24) is 10.2 Å². The highest BCUT2D eigenvalue weighted by molar-refractivity contribution is 7.15. The fourth-order valence-corrected chi connectivity index (χ4v) is 3.10. The van der Waals surface area contributed by atoms with E-state index in [9.17, 15) is 0 Å². The van der Waals surface area contributed by atoms with Crippen LogP contribution >= 0.6 is 11.3 Å². The second-order valence-corrected chi connectivity index (χ2v) is 5.69. The lowest BCUT2D eigenvalue weighted by molar-refractivity contribution is 0.330. The Morgan fingerprint density at radius 3 is 2.50 bits per heavy atom. The van der Waals surface area contributed by atoms with Crippen molar-refractivity contribution in [2.24, 2.45) is 5.92 Å². The number of aryl methyl sites for hydroxylation is 1. The molecule has 2 rings (SSSR count). The normalized spacial score (nSPS) is 25.6. The minimum absolute atomic E-state index is 0.625. The molecule has 1 aromatic rings. The first kappa shape index (κ1) is 11.8. The molecule has 0 amide bonds. The lowest BCUT2D eigenvalue weighted by atomic mass is 9.85. The third kappa shape index (κ3) is 2.94. The molecule has 0 atom stereocenters. The summed E-state index contributed by atoms with van der Waals surface area (Å²) in [6.07, 6.45) is 7.65. The van der Waals surface area contributed by atoms with Crippen molar-refractivity contribution in [2.45, 2.75) is 58.4 Å². The number of aromatic nitrogens is 2. The Morgan fingerprint density at radius 2 is 1.94 bits per heavy atom. The number of nitrogens with zero attached hydrogens (tertiary/aromatic N) is 2. The van der Waals surface area contributed by atoms with Crippen molar-refractivity contribution >= 4 is 16.5 Å². The summed E-state index contributed by atoms with van der Waals surface area (Å²) in [6, 6.07) is 0.625. The first-order chi connectivity index (χ1) is 7.81. The van der Waals surface area contributed by atoms with E-state index in [-0.39, 0.29) is 0 Å². The molecule has 16 heavy (non-hydrogen) atoms. The maximum Gasteiger partial charge on any atom is 0.205 e. The molecule has 1 N–H and O–H groups in total. The first-order valence-corrected chi connectivity index (χ1v) is 7.22.